The number of hydrogen-bond acceptors (Lipinski definition) is 2. The molecule has 112 valence electrons. The SMILES string of the molecule is FC(F)(F)CCCNCc1ccccc1N1CCCC1. The Balaban J connectivity index is 1.80. The van der Waals surface area contributed by atoms with Crippen molar-refractivity contribution in [2.24, 2.45) is 0 Å². The summed E-state index contributed by atoms with van der Waals surface area (Å²) in [5.74, 6) is 0. The topological polar surface area (TPSA) is 15.3 Å². The molecular weight excluding hydrogens is 265 g/mol. The first-order chi connectivity index (χ1) is 9.56. The molecule has 0 aromatic heterocycles. The van der Waals surface area contributed by atoms with Crippen LogP contribution in [0.1, 0.15) is 31.2 Å². The van der Waals surface area contributed by atoms with Gasteiger partial charge in [-0.2, -0.15) is 13.2 Å². The van der Waals surface area contributed by atoms with Crippen LogP contribution in [0, 0.1) is 0 Å². The summed E-state index contributed by atoms with van der Waals surface area (Å²) in [5, 5.41) is 3.11. The second-order valence-electron chi connectivity index (χ2n) is 5.22. The van der Waals surface area contributed by atoms with Gasteiger partial charge in [-0.15, -0.1) is 0 Å². The Bertz CT molecular complexity index is 412. The number of benzene rings is 1. The molecule has 20 heavy (non-hydrogen) atoms. The highest BCUT2D eigenvalue weighted by Gasteiger charge is 2.25. The fraction of sp³-hybridized carbons (Fsp3) is 0.600. The highest BCUT2D eigenvalue weighted by molar-refractivity contribution is 5.54. The van der Waals surface area contributed by atoms with Crippen LogP contribution in [0.4, 0.5) is 18.9 Å². The quantitative estimate of drug-likeness (QED) is 0.802. The van der Waals surface area contributed by atoms with Crippen LogP contribution in [0.25, 0.3) is 0 Å². The van der Waals surface area contributed by atoms with E-state index in [0.717, 1.165) is 13.1 Å². The maximum atomic E-state index is 12.0. The first-order valence-electron chi connectivity index (χ1n) is 7.16. The van der Waals surface area contributed by atoms with Crippen molar-refractivity contribution in [3.63, 3.8) is 0 Å². The van der Waals surface area contributed by atoms with Crippen molar-refractivity contribution in [2.45, 2.75) is 38.4 Å². The van der Waals surface area contributed by atoms with E-state index in [9.17, 15) is 13.2 Å². The van der Waals surface area contributed by atoms with Gasteiger partial charge in [0.15, 0.2) is 0 Å². The average Bonchev–Trinajstić information content (AvgIpc) is 2.91. The zero-order valence-corrected chi connectivity index (χ0v) is 11.5. The monoisotopic (exact) mass is 286 g/mol. The Labute approximate surface area is 118 Å². The number of rotatable bonds is 6. The molecule has 1 saturated heterocycles. The van der Waals surface area contributed by atoms with Crippen molar-refractivity contribution >= 4 is 5.69 Å². The van der Waals surface area contributed by atoms with E-state index >= 15 is 0 Å². The largest absolute Gasteiger partial charge is 0.389 e. The van der Waals surface area contributed by atoms with Crippen LogP contribution in [-0.2, 0) is 6.54 Å². The van der Waals surface area contributed by atoms with Crippen LogP contribution in [0.2, 0.25) is 0 Å². The molecule has 1 heterocycles. The number of alkyl halides is 3. The summed E-state index contributed by atoms with van der Waals surface area (Å²) < 4.78 is 36.1. The highest BCUT2D eigenvalue weighted by atomic mass is 19.4. The summed E-state index contributed by atoms with van der Waals surface area (Å²) in [6.45, 7) is 3.18. The summed E-state index contributed by atoms with van der Waals surface area (Å²) in [6, 6.07) is 8.13. The molecule has 0 saturated carbocycles. The predicted octanol–water partition coefficient (Wildman–Crippen LogP) is 3.72. The Morgan fingerprint density at radius 1 is 1.10 bits per heavy atom. The number of nitrogens with one attached hydrogen (secondary N) is 1. The summed E-state index contributed by atoms with van der Waals surface area (Å²) in [6.07, 6.45) is -2.20. The molecule has 0 unspecified atom stereocenters. The van der Waals surface area contributed by atoms with E-state index in [1.165, 1.54) is 24.1 Å². The third kappa shape index (κ3) is 4.71. The molecular formula is C15H21F3N2. The van der Waals surface area contributed by atoms with Gasteiger partial charge >= 0.3 is 6.18 Å². The molecule has 1 aliphatic heterocycles. The zero-order valence-electron chi connectivity index (χ0n) is 11.5. The second kappa shape index (κ2) is 6.97. The first kappa shape index (κ1) is 15.2. The van der Waals surface area contributed by atoms with Crippen LogP contribution in [0.15, 0.2) is 24.3 Å². The number of halogens is 3. The minimum atomic E-state index is -4.05. The van der Waals surface area contributed by atoms with Crippen molar-refractivity contribution in [3.05, 3.63) is 29.8 Å². The molecule has 1 aliphatic rings. The maximum Gasteiger partial charge on any atom is 0.389 e. The highest BCUT2D eigenvalue weighted by Crippen LogP contribution is 2.24. The molecule has 2 rings (SSSR count). The lowest BCUT2D eigenvalue weighted by molar-refractivity contribution is -0.135. The van der Waals surface area contributed by atoms with Crippen LogP contribution in [0.5, 0.6) is 0 Å². The molecule has 0 atom stereocenters. The van der Waals surface area contributed by atoms with Crippen LogP contribution in [0.3, 0.4) is 0 Å². The van der Waals surface area contributed by atoms with Gasteiger partial charge in [0.05, 0.1) is 0 Å². The van der Waals surface area contributed by atoms with Crippen molar-refractivity contribution in [2.75, 3.05) is 24.5 Å². The van der Waals surface area contributed by atoms with E-state index in [-0.39, 0.29) is 6.42 Å². The first-order valence-corrected chi connectivity index (χ1v) is 7.16. The molecule has 2 nitrogen and oxygen atoms in total. The lowest BCUT2D eigenvalue weighted by Crippen LogP contribution is -2.22. The summed E-state index contributed by atoms with van der Waals surface area (Å²) in [7, 11) is 0. The normalized spacial score (nSPS) is 15.8. The summed E-state index contributed by atoms with van der Waals surface area (Å²) in [5.41, 5.74) is 2.38. The van der Waals surface area contributed by atoms with E-state index < -0.39 is 12.6 Å². The second-order valence-corrected chi connectivity index (χ2v) is 5.22. The lowest BCUT2D eigenvalue weighted by Gasteiger charge is -2.21. The molecule has 5 heteroatoms. The van der Waals surface area contributed by atoms with E-state index in [4.69, 9.17) is 0 Å². The molecule has 0 amide bonds. The molecule has 0 radical (unpaired) electrons. The summed E-state index contributed by atoms with van der Waals surface area (Å²) in [4.78, 5) is 2.35. The van der Waals surface area contributed by atoms with E-state index in [0.29, 0.717) is 13.1 Å². The summed E-state index contributed by atoms with van der Waals surface area (Å²) >= 11 is 0. The lowest BCUT2D eigenvalue weighted by atomic mass is 10.1. The number of hydrogen-bond donors (Lipinski definition) is 1. The van der Waals surface area contributed by atoms with E-state index in [2.05, 4.69) is 16.3 Å². The fourth-order valence-corrected chi connectivity index (χ4v) is 2.56. The van der Waals surface area contributed by atoms with Crippen molar-refractivity contribution in [3.8, 4) is 0 Å². The molecule has 0 aliphatic carbocycles. The Morgan fingerprint density at radius 2 is 1.80 bits per heavy atom. The zero-order chi connectivity index (χ0) is 14.4. The van der Waals surface area contributed by atoms with Crippen molar-refractivity contribution < 1.29 is 13.2 Å². The third-order valence-electron chi connectivity index (χ3n) is 3.57. The van der Waals surface area contributed by atoms with Gasteiger partial charge in [-0.3, -0.25) is 0 Å². The molecule has 0 spiro atoms. The predicted molar refractivity (Wildman–Crippen MR) is 74.9 cm³/mol. The van der Waals surface area contributed by atoms with Crippen LogP contribution >= 0.6 is 0 Å². The van der Waals surface area contributed by atoms with Crippen molar-refractivity contribution in [1.29, 1.82) is 0 Å². The molecule has 1 fully saturated rings. The van der Waals surface area contributed by atoms with Crippen molar-refractivity contribution in [1.82, 2.24) is 5.32 Å². The number of para-hydroxylation sites is 1. The molecule has 0 bridgehead atoms. The standard InChI is InChI=1S/C15H21F3N2/c16-15(17,18)8-5-9-19-12-13-6-1-2-7-14(13)20-10-3-4-11-20/h1-2,6-7,19H,3-5,8-12H2. The number of anilines is 1. The molecule has 1 aromatic rings. The van der Waals surface area contributed by atoms with Gasteiger partial charge in [-0.05, 0) is 37.4 Å². The van der Waals surface area contributed by atoms with E-state index in [1.807, 2.05) is 18.2 Å². The molecule has 1 aromatic carbocycles. The van der Waals surface area contributed by atoms with Gasteiger partial charge in [-0.25, -0.2) is 0 Å². The number of nitrogens with zero attached hydrogens (tertiary/aromatic N) is 1. The van der Waals surface area contributed by atoms with Gasteiger partial charge in [0.25, 0.3) is 0 Å². The van der Waals surface area contributed by atoms with Gasteiger partial charge in [0.1, 0.15) is 0 Å². The molecule has 1 N–H and O–H groups in total. The Kier molecular flexibility index (Phi) is 5.29. The third-order valence-corrected chi connectivity index (χ3v) is 3.57. The minimum absolute atomic E-state index is 0.134. The Hall–Kier alpha value is -1.23. The van der Waals surface area contributed by atoms with Gasteiger partial charge in [-0.1, -0.05) is 18.2 Å². The van der Waals surface area contributed by atoms with Gasteiger partial charge in [0, 0.05) is 31.7 Å². The van der Waals surface area contributed by atoms with Crippen LogP contribution < -0.4 is 10.2 Å². The van der Waals surface area contributed by atoms with Gasteiger partial charge in [0.2, 0.25) is 0 Å². The van der Waals surface area contributed by atoms with Gasteiger partial charge < -0.3 is 10.2 Å². The smallest absolute Gasteiger partial charge is 0.371 e. The van der Waals surface area contributed by atoms with E-state index in [1.54, 1.807) is 0 Å². The Morgan fingerprint density at radius 3 is 2.50 bits per heavy atom. The minimum Gasteiger partial charge on any atom is -0.371 e. The fourth-order valence-electron chi connectivity index (χ4n) is 2.56. The maximum absolute atomic E-state index is 12.0. The average molecular weight is 286 g/mol. The van der Waals surface area contributed by atoms with Crippen LogP contribution in [-0.4, -0.2) is 25.8 Å².